The van der Waals surface area contributed by atoms with Crippen molar-refractivity contribution in [2.45, 2.75) is 6.42 Å². The van der Waals surface area contributed by atoms with Gasteiger partial charge in [0.15, 0.2) is 11.5 Å². The first-order valence-electron chi connectivity index (χ1n) is 6.52. The van der Waals surface area contributed by atoms with Gasteiger partial charge in [-0.3, -0.25) is 20.4 Å². The molecule has 1 aromatic rings. The Morgan fingerprint density at radius 2 is 1.70 bits per heavy atom. The van der Waals surface area contributed by atoms with E-state index in [-0.39, 0.29) is 17.9 Å². The highest BCUT2D eigenvalue weighted by Crippen LogP contribution is 2.27. The van der Waals surface area contributed by atoms with Crippen LogP contribution in [0.3, 0.4) is 0 Å². The smallest absolute Gasteiger partial charge is 0.248 e. The van der Waals surface area contributed by atoms with Crippen molar-refractivity contribution in [1.82, 2.24) is 10.9 Å². The number of benzene rings is 1. The normalized spacial score (nSPS) is 9.83. The molecule has 0 fully saturated rings. The molecule has 0 aliphatic heterocycles. The minimum Gasteiger partial charge on any atom is -0.549 e. The molecule has 23 heavy (non-hydrogen) atoms. The Labute approximate surface area is 137 Å². The van der Waals surface area contributed by atoms with Gasteiger partial charge in [-0.05, 0) is 17.7 Å². The first-order chi connectivity index (χ1) is 11.0. The molecule has 0 saturated carbocycles. The summed E-state index contributed by atoms with van der Waals surface area (Å²) < 4.78 is 10.2. The molecule has 1 aromatic carbocycles. The Hall–Kier alpha value is -2.42. The maximum Gasteiger partial charge on any atom is 0.248 e. The number of carboxylic acids is 1. The third kappa shape index (κ3) is 6.92. The summed E-state index contributed by atoms with van der Waals surface area (Å²) in [5, 5.41) is 10.2. The van der Waals surface area contributed by atoms with E-state index >= 15 is 0 Å². The summed E-state index contributed by atoms with van der Waals surface area (Å²) in [5.74, 6) is -1.50. The summed E-state index contributed by atoms with van der Waals surface area (Å²) in [5.41, 5.74) is 5.13. The largest absolute Gasteiger partial charge is 0.549 e. The van der Waals surface area contributed by atoms with Gasteiger partial charge in [-0.2, -0.15) is 0 Å². The van der Waals surface area contributed by atoms with Crippen LogP contribution < -0.4 is 25.4 Å². The zero-order valence-corrected chi connectivity index (χ0v) is 13.5. The molecule has 0 aliphatic carbocycles. The molecule has 2 amide bonds. The summed E-state index contributed by atoms with van der Waals surface area (Å²) in [6.07, 6.45) is 0.0345. The van der Waals surface area contributed by atoms with E-state index < -0.39 is 17.8 Å². The minimum absolute atomic E-state index is 0.0345. The fraction of sp³-hybridized carbons (Fsp3) is 0.357. The second-order valence-corrected chi connectivity index (χ2v) is 5.31. The van der Waals surface area contributed by atoms with Gasteiger partial charge in [-0.25, -0.2) is 0 Å². The lowest BCUT2D eigenvalue weighted by atomic mass is 10.1. The number of carbonyl (C=O) groups excluding carboxylic acids is 3. The number of rotatable bonds is 8. The lowest BCUT2D eigenvalue weighted by molar-refractivity contribution is -0.301. The highest BCUT2D eigenvalue weighted by atomic mass is 32.2. The molecule has 0 unspecified atom stereocenters. The molecule has 0 heterocycles. The zero-order valence-electron chi connectivity index (χ0n) is 12.7. The lowest BCUT2D eigenvalue weighted by Gasteiger charge is -2.10. The monoisotopic (exact) mass is 341 g/mol. The van der Waals surface area contributed by atoms with Gasteiger partial charge in [0, 0.05) is 5.75 Å². The molecule has 1 rings (SSSR count). The number of methoxy groups -OCH3 is 2. The van der Waals surface area contributed by atoms with Crippen molar-refractivity contribution in [3.05, 3.63) is 23.8 Å². The third-order valence-corrected chi connectivity index (χ3v) is 3.51. The Bertz CT molecular complexity index is 578. The molecule has 126 valence electrons. The Balaban J connectivity index is 2.42. The van der Waals surface area contributed by atoms with E-state index in [2.05, 4.69) is 10.9 Å². The van der Waals surface area contributed by atoms with Gasteiger partial charge in [-0.1, -0.05) is 6.07 Å². The quantitative estimate of drug-likeness (QED) is 0.575. The van der Waals surface area contributed by atoms with Crippen molar-refractivity contribution in [2.24, 2.45) is 0 Å². The summed E-state index contributed by atoms with van der Waals surface area (Å²) in [7, 11) is 3.00. The van der Waals surface area contributed by atoms with E-state index in [0.29, 0.717) is 17.1 Å². The van der Waals surface area contributed by atoms with E-state index in [1.165, 1.54) is 14.2 Å². The van der Waals surface area contributed by atoms with Gasteiger partial charge in [0.25, 0.3) is 0 Å². The lowest BCUT2D eigenvalue weighted by Crippen LogP contribution is -2.43. The van der Waals surface area contributed by atoms with Gasteiger partial charge in [0.1, 0.15) is 0 Å². The van der Waals surface area contributed by atoms with Crippen LogP contribution in [0.4, 0.5) is 0 Å². The number of nitrogens with one attached hydrogen (secondary N) is 2. The van der Waals surface area contributed by atoms with Gasteiger partial charge in [0.05, 0.1) is 32.4 Å². The standard InChI is InChI=1S/C14H18N2O6S/c1-21-10-4-3-9(5-11(10)22-2)6-12(17)15-16-13(18)7-23-8-14(19)20/h3-5H,6-8H2,1-2H3,(H,15,17)(H,16,18)(H,19,20)/p-1. The van der Waals surface area contributed by atoms with Crippen LogP contribution in [-0.4, -0.2) is 43.5 Å². The van der Waals surface area contributed by atoms with Crippen molar-refractivity contribution in [2.75, 3.05) is 25.7 Å². The Kier molecular flexibility index (Phi) is 7.75. The summed E-state index contributed by atoms with van der Waals surface area (Å²) >= 11 is 0.878. The van der Waals surface area contributed by atoms with Crippen LogP contribution in [-0.2, 0) is 20.8 Å². The van der Waals surface area contributed by atoms with Crippen molar-refractivity contribution in [3.63, 3.8) is 0 Å². The van der Waals surface area contributed by atoms with Crippen LogP contribution in [0.2, 0.25) is 0 Å². The number of carboxylic acid groups (broad SMARTS) is 1. The van der Waals surface area contributed by atoms with Crippen LogP contribution in [0.5, 0.6) is 11.5 Å². The van der Waals surface area contributed by atoms with Crippen molar-refractivity contribution in [3.8, 4) is 11.5 Å². The maximum atomic E-state index is 11.7. The average Bonchev–Trinajstić information content (AvgIpc) is 2.52. The molecule has 9 heteroatoms. The number of thioether (sulfide) groups is 1. The molecule has 0 aliphatic rings. The molecule has 8 nitrogen and oxygen atoms in total. The van der Waals surface area contributed by atoms with Crippen LogP contribution in [0.15, 0.2) is 18.2 Å². The summed E-state index contributed by atoms with van der Waals surface area (Å²) in [4.78, 5) is 33.3. The molecule has 0 saturated heterocycles. The van der Waals surface area contributed by atoms with Gasteiger partial charge in [-0.15, -0.1) is 11.8 Å². The summed E-state index contributed by atoms with van der Waals surface area (Å²) in [6.45, 7) is 0. The topological polar surface area (TPSA) is 117 Å². The van der Waals surface area contributed by atoms with E-state index in [1.807, 2.05) is 0 Å². The van der Waals surface area contributed by atoms with Crippen molar-refractivity contribution >= 4 is 29.5 Å². The molecule has 0 spiro atoms. The first kappa shape index (κ1) is 18.6. The number of amides is 2. The third-order valence-electron chi connectivity index (χ3n) is 2.61. The van der Waals surface area contributed by atoms with Gasteiger partial charge in [0.2, 0.25) is 11.8 Å². The molecule has 0 radical (unpaired) electrons. The number of aliphatic carboxylic acids is 1. The minimum atomic E-state index is -1.25. The fourth-order valence-electron chi connectivity index (χ4n) is 1.62. The molecular formula is C14H17N2O6S-. The van der Waals surface area contributed by atoms with Crippen LogP contribution in [0.25, 0.3) is 0 Å². The Morgan fingerprint density at radius 3 is 2.30 bits per heavy atom. The fourth-order valence-corrected chi connectivity index (χ4v) is 2.15. The molecule has 0 bridgehead atoms. The predicted molar refractivity (Wildman–Crippen MR) is 81.9 cm³/mol. The van der Waals surface area contributed by atoms with E-state index in [9.17, 15) is 19.5 Å². The zero-order chi connectivity index (χ0) is 17.2. The van der Waals surface area contributed by atoms with Crippen molar-refractivity contribution in [1.29, 1.82) is 0 Å². The van der Waals surface area contributed by atoms with Gasteiger partial charge < -0.3 is 19.4 Å². The number of hydrazine groups is 1. The second-order valence-electron chi connectivity index (χ2n) is 4.33. The summed E-state index contributed by atoms with van der Waals surface area (Å²) in [6, 6.07) is 5.05. The predicted octanol–water partition coefficient (Wildman–Crippen LogP) is -1.12. The van der Waals surface area contributed by atoms with E-state index in [0.717, 1.165) is 11.8 Å². The van der Waals surface area contributed by atoms with E-state index in [4.69, 9.17) is 9.47 Å². The van der Waals surface area contributed by atoms with Crippen molar-refractivity contribution < 1.29 is 29.0 Å². The molecule has 2 N–H and O–H groups in total. The highest BCUT2D eigenvalue weighted by molar-refractivity contribution is 8.00. The molecular weight excluding hydrogens is 324 g/mol. The number of hydrogen-bond donors (Lipinski definition) is 2. The van der Waals surface area contributed by atoms with Gasteiger partial charge >= 0.3 is 0 Å². The van der Waals surface area contributed by atoms with Crippen LogP contribution in [0.1, 0.15) is 5.56 Å². The SMILES string of the molecule is COc1ccc(CC(=O)NNC(=O)CSCC(=O)[O-])cc1OC. The Morgan fingerprint density at radius 1 is 1.04 bits per heavy atom. The highest BCUT2D eigenvalue weighted by Gasteiger charge is 2.09. The van der Waals surface area contributed by atoms with Crippen LogP contribution >= 0.6 is 11.8 Å². The molecule has 0 aromatic heterocycles. The van der Waals surface area contributed by atoms with Crippen LogP contribution in [0, 0.1) is 0 Å². The number of carbonyl (C=O) groups is 3. The first-order valence-corrected chi connectivity index (χ1v) is 7.68. The molecule has 0 atom stereocenters. The average molecular weight is 341 g/mol. The number of hydrogen-bond acceptors (Lipinski definition) is 7. The number of ether oxygens (including phenoxy) is 2. The maximum absolute atomic E-state index is 11.7. The second kappa shape index (κ2) is 9.57. The van der Waals surface area contributed by atoms with E-state index in [1.54, 1.807) is 18.2 Å².